The van der Waals surface area contributed by atoms with Crippen molar-refractivity contribution in [3.05, 3.63) is 53.7 Å². The van der Waals surface area contributed by atoms with Crippen molar-refractivity contribution in [2.24, 2.45) is 0 Å². The highest BCUT2D eigenvalue weighted by atomic mass is 16.5. The molecule has 3 aromatic rings. The van der Waals surface area contributed by atoms with E-state index in [-0.39, 0.29) is 6.61 Å². The van der Waals surface area contributed by atoms with Gasteiger partial charge < -0.3 is 19.8 Å². The molecular weight excluding hydrogens is 318 g/mol. The van der Waals surface area contributed by atoms with Crippen molar-refractivity contribution in [1.29, 1.82) is 5.26 Å². The van der Waals surface area contributed by atoms with Crippen LogP contribution in [0.1, 0.15) is 23.0 Å². The van der Waals surface area contributed by atoms with Crippen molar-refractivity contribution in [2.45, 2.75) is 6.92 Å². The third-order valence-electron chi connectivity index (χ3n) is 3.76. The number of hydrogen-bond donors (Lipinski definition) is 2. The van der Waals surface area contributed by atoms with Crippen molar-refractivity contribution < 1.29 is 14.3 Å². The number of aromatic nitrogens is 1. The van der Waals surface area contributed by atoms with Gasteiger partial charge in [0.2, 0.25) is 0 Å². The Morgan fingerprint density at radius 2 is 2.12 bits per heavy atom. The van der Waals surface area contributed by atoms with Crippen LogP contribution in [0.3, 0.4) is 0 Å². The van der Waals surface area contributed by atoms with Crippen LogP contribution in [0.25, 0.3) is 10.9 Å². The van der Waals surface area contributed by atoms with Crippen LogP contribution in [-0.4, -0.2) is 24.7 Å². The number of aromatic amines is 1. The molecule has 1 heterocycles. The van der Waals surface area contributed by atoms with E-state index < -0.39 is 5.97 Å². The number of rotatable bonds is 5. The molecule has 0 bridgehead atoms. The first-order chi connectivity index (χ1) is 12.2. The highest BCUT2D eigenvalue weighted by Crippen LogP contribution is 2.30. The van der Waals surface area contributed by atoms with Crippen LogP contribution >= 0.6 is 0 Å². The van der Waals surface area contributed by atoms with Crippen molar-refractivity contribution in [1.82, 2.24) is 4.98 Å². The SMILES string of the molecule is CCOC(=O)c1cc2c(Nc3cccc(OC)c3)ccc(C#N)c2[nH]1. The lowest BCUT2D eigenvalue weighted by Crippen LogP contribution is -2.04. The van der Waals surface area contributed by atoms with E-state index in [1.54, 1.807) is 26.2 Å². The number of benzene rings is 2. The first-order valence-electron chi connectivity index (χ1n) is 7.80. The predicted molar refractivity (Wildman–Crippen MR) is 95.2 cm³/mol. The summed E-state index contributed by atoms with van der Waals surface area (Å²) in [6.45, 7) is 2.03. The molecule has 0 spiro atoms. The number of esters is 1. The largest absolute Gasteiger partial charge is 0.497 e. The molecule has 2 N–H and O–H groups in total. The monoisotopic (exact) mass is 335 g/mol. The number of nitriles is 1. The summed E-state index contributed by atoms with van der Waals surface area (Å²) in [6, 6.07) is 14.8. The minimum atomic E-state index is -0.449. The molecular formula is C19H17N3O3. The summed E-state index contributed by atoms with van der Waals surface area (Å²) in [5, 5.41) is 13.3. The van der Waals surface area contributed by atoms with Crippen molar-refractivity contribution in [3.8, 4) is 11.8 Å². The normalized spacial score (nSPS) is 10.3. The second kappa shape index (κ2) is 6.97. The number of anilines is 2. The number of carbonyl (C=O) groups excluding carboxylic acids is 1. The van der Waals surface area contributed by atoms with Gasteiger partial charge in [-0.05, 0) is 37.3 Å². The number of methoxy groups -OCH3 is 1. The quantitative estimate of drug-likeness (QED) is 0.689. The first-order valence-corrected chi connectivity index (χ1v) is 7.80. The van der Waals surface area contributed by atoms with Crippen molar-refractivity contribution in [2.75, 3.05) is 19.0 Å². The van der Waals surface area contributed by atoms with Gasteiger partial charge >= 0.3 is 5.97 Å². The van der Waals surface area contributed by atoms with E-state index in [1.807, 2.05) is 30.3 Å². The van der Waals surface area contributed by atoms with E-state index in [4.69, 9.17) is 9.47 Å². The van der Waals surface area contributed by atoms with E-state index in [0.29, 0.717) is 16.8 Å². The second-order valence-electron chi connectivity index (χ2n) is 5.32. The van der Waals surface area contributed by atoms with Crippen LogP contribution in [0.2, 0.25) is 0 Å². The highest BCUT2D eigenvalue weighted by Gasteiger charge is 2.15. The summed E-state index contributed by atoms with van der Waals surface area (Å²) in [5.41, 5.74) is 2.98. The molecule has 0 saturated carbocycles. The minimum absolute atomic E-state index is 0.286. The molecule has 6 heteroatoms. The van der Waals surface area contributed by atoms with Gasteiger partial charge in [-0.15, -0.1) is 0 Å². The number of carbonyl (C=O) groups is 1. The van der Waals surface area contributed by atoms with Crippen molar-refractivity contribution >= 4 is 28.2 Å². The van der Waals surface area contributed by atoms with Crippen LogP contribution in [0.15, 0.2) is 42.5 Å². The fourth-order valence-electron chi connectivity index (χ4n) is 2.60. The van der Waals surface area contributed by atoms with Crippen LogP contribution < -0.4 is 10.1 Å². The zero-order chi connectivity index (χ0) is 17.8. The van der Waals surface area contributed by atoms with Gasteiger partial charge in [0.05, 0.1) is 24.8 Å². The Balaban J connectivity index is 2.06. The number of fused-ring (bicyclic) bond motifs is 1. The van der Waals surface area contributed by atoms with Gasteiger partial charge in [0, 0.05) is 22.8 Å². The smallest absolute Gasteiger partial charge is 0.354 e. The average molecular weight is 335 g/mol. The third kappa shape index (κ3) is 3.26. The fraction of sp³-hybridized carbons (Fsp3) is 0.158. The van der Waals surface area contributed by atoms with Crippen LogP contribution in [0.4, 0.5) is 11.4 Å². The summed E-state index contributed by atoms with van der Waals surface area (Å²) in [4.78, 5) is 15.0. The van der Waals surface area contributed by atoms with Gasteiger partial charge in [0.15, 0.2) is 0 Å². The van der Waals surface area contributed by atoms with Gasteiger partial charge in [-0.3, -0.25) is 0 Å². The highest BCUT2D eigenvalue weighted by molar-refractivity contribution is 6.02. The number of nitrogens with zero attached hydrogens (tertiary/aromatic N) is 1. The van der Waals surface area contributed by atoms with Gasteiger partial charge in [0.25, 0.3) is 0 Å². The topological polar surface area (TPSA) is 87.1 Å². The van der Waals surface area contributed by atoms with E-state index in [0.717, 1.165) is 22.5 Å². The predicted octanol–water partition coefficient (Wildman–Crippen LogP) is 3.97. The van der Waals surface area contributed by atoms with E-state index >= 15 is 0 Å². The van der Waals surface area contributed by atoms with Gasteiger partial charge in [0.1, 0.15) is 17.5 Å². The molecule has 3 rings (SSSR count). The molecule has 6 nitrogen and oxygen atoms in total. The molecule has 0 fully saturated rings. The summed E-state index contributed by atoms with van der Waals surface area (Å²) in [7, 11) is 1.61. The zero-order valence-electron chi connectivity index (χ0n) is 13.9. The maximum absolute atomic E-state index is 12.0. The average Bonchev–Trinajstić information content (AvgIpc) is 3.08. The minimum Gasteiger partial charge on any atom is -0.497 e. The second-order valence-corrected chi connectivity index (χ2v) is 5.32. The zero-order valence-corrected chi connectivity index (χ0v) is 13.9. The lowest BCUT2D eigenvalue weighted by Gasteiger charge is -2.09. The van der Waals surface area contributed by atoms with E-state index in [2.05, 4.69) is 16.4 Å². The molecule has 0 amide bonds. The maximum Gasteiger partial charge on any atom is 0.354 e. The third-order valence-corrected chi connectivity index (χ3v) is 3.76. The lowest BCUT2D eigenvalue weighted by molar-refractivity contribution is 0.0520. The molecule has 0 aliphatic heterocycles. The summed E-state index contributed by atoms with van der Waals surface area (Å²) >= 11 is 0. The van der Waals surface area contributed by atoms with Gasteiger partial charge in [-0.25, -0.2) is 4.79 Å². The number of hydrogen-bond acceptors (Lipinski definition) is 5. The Kier molecular flexibility index (Phi) is 4.57. The molecule has 2 aromatic carbocycles. The Morgan fingerprint density at radius 1 is 1.28 bits per heavy atom. The molecule has 126 valence electrons. The number of H-pyrrole nitrogens is 1. The molecule has 0 radical (unpaired) electrons. The summed E-state index contributed by atoms with van der Waals surface area (Å²) in [5.74, 6) is 0.283. The standard InChI is InChI=1S/C19H17N3O3/c1-3-25-19(23)17-10-15-16(8-7-12(11-20)18(15)22-17)21-13-5-4-6-14(9-13)24-2/h4-10,21-22H,3H2,1-2H3. The molecule has 25 heavy (non-hydrogen) atoms. The summed E-state index contributed by atoms with van der Waals surface area (Å²) < 4.78 is 10.3. The maximum atomic E-state index is 12.0. The molecule has 0 aliphatic carbocycles. The molecule has 1 aromatic heterocycles. The molecule has 0 atom stereocenters. The summed E-state index contributed by atoms with van der Waals surface area (Å²) in [6.07, 6.45) is 0. The van der Waals surface area contributed by atoms with Crippen molar-refractivity contribution in [3.63, 3.8) is 0 Å². The Morgan fingerprint density at radius 3 is 2.84 bits per heavy atom. The van der Waals surface area contributed by atoms with Crippen LogP contribution in [0, 0.1) is 11.3 Å². The Labute approximate surface area is 145 Å². The number of nitrogens with one attached hydrogen (secondary N) is 2. The molecule has 0 saturated heterocycles. The lowest BCUT2D eigenvalue weighted by atomic mass is 10.1. The molecule has 0 aliphatic rings. The van der Waals surface area contributed by atoms with Gasteiger partial charge in [-0.1, -0.05) is 6.07 Å². The number of ether oxygens (including phenoxy) is 2. The fourth-order valence-corrected chi connectivity index (χ4v) is 2.60. The van der Waals surface area contributed by atoms with Crippen LogP contribution in [-0.2, 0) is 4.74 Å². The first kappa shape index (κ1) is 16.4. The Bertz CT molecular complexity index is 970. The Hall–Kier alpha value is -3.46. The van der Waals surface area contributed by atoms with E-state index in [9.17, 15) is 10.1 Å². The van der Waals surface area contributed by atoms with Gasteiger partial charge in [-0.2, -0.15) is 5.26 Å². The molecule has 0 unspecified atom stereocenters. The van der Waals surface area contributed by atoms with E-state index in [1.165, 1.54) is 0 Å². The van der Waals surface area contributed by atoms with Crippen LogP contribution in [0.5, 0.6) is 5.75 Å².